The Bertz CT molecular complexity index is 1300. The third-order valence-corrected chi connectivity index (χ3v) is 6.56. The highest BCUT2D eigenvalue weighted by Gasteiger charge is 2.24. The lowest BCUT2D eigenvalue weighted by Crippen LogP contribution is -2.43. The number of nitrogens with one attached hydrogen (secondary N) is 2. The summed E-state index contributed by atoms with van der Waals surface area (Å²) in [6, 6.07) is 14.7. The maximum atomic E-state index is 13.3. The summed E-state index contributed by atoms with van der Waals surface area (Å²) in [5.41, 5.74) is 2.72. The lowest BCUT2D eigenvalue weighted by atomic mass is 10.0. The molecule has 1 heterocycles. The van der Waals surface area contributed by atoms with Crippen LogP contribution in [0.3, 0.4) is 0 Å². The number of anilines is 1. The Hall–Kier alpha value is -4.12. The molecule has 2 aromatic rings. The zero-order valence-corrected chi connectivity index (χ0v) is 24.5. The molecular weight excluding hydrogens is 518 g/mol. The minimum atomic E-state index is -0.650. The van der Waals surface area contributed by atoms with Gasteiger partial charge in [0, 0.05) is 36.9 Å². The zero-order chi connectivity index (χ0) is 29.8. The number of alkyl carbamates (subject to hydrolysis) is 1. The number of ether oxygens (including phenoxy) is 1. The van der Waals surface area contributed by atoms with E-state index in [-0.39, 0.29) is 30.4 Å². The predicted octanol–water partition coefficient (Wildman–Crippen LogP) is 5.26. The second kappa shape index (κ2) is 15.0. The second-order valence-corrected chi connectivity index (χ2v) is 11.2. The number of para-hydroxylation sites is 1. The van der Waals surface area contributed by atoms with Gasteiger partial charge in [0.15, 0.2) is 5.78 Å². The minimum Gasteiger partial charge on any atom is -0.444 e. The van der Waals surface area contributed by atoms with Crippen LogP contribution in [0.2, 0.25) is 0 Å². The number of amides is 3. The van der Waals surface area contributed by atoms with Crippen LogP contribution in [0.5, 0.6) is 0 Å². The molecule has 0 fully saturated rings. The average molecular weight is 560 g/mol. The molecule has 0 bridgehead atoms. The molecule has 3 rings (SSSR count). The summed E-state index contributed by atoms with van der Waals surface area (Å²) in [5.74, 6) is 6.01. The van der Waals surface area contributed by atoms with Crippen molar-refractivity contribution in [2.45, 2.75) is 90.8 Å². The van der Waals surface area contributed by atoms with Crippen molar-refractivity contribution >= 4 is 29.4 Å². The molecule has 2 aromatic carbocycles. The number of fused-ring (bicyclic) bond motifs is 2. The summed E-state index contributed by atoms with van der Waals surface area (Å²) in [6.07, 6.45) is 2.36. The smallest absolute Gasteiger partial charge is 0.408 e. The normalized spacial score (nSPS) is 12.8. The summed E-state index contributed by atoms with van der Waals surface area (Å²) in [7, 11) is 0. The molecule has 1 aliphatic heterocycles. The fourth-order valence-electron chi connectivity index (χ4n) is 4.54. The summed E-state index contributed by atoms with van der Waals surface area (Å²) < 4.78 is 5.30. The first-order valence-corrected chi connectivity index (χ1v) is 14.4. The van der Waals surface area contributed by atoms with E-state index in [0.717, 1.165) is 22.4 Å². The molecule has 0 saturated carbocycles. The van der Waals surface area contributed by atoms with E-state index in [1.54, 1.807) is 25.7 Å². The first kappa shape index (κ1) is 31.4. The van der Waals surface area contributed by atoms with Crippen molar-refractivity contribution in [1.82, 2.24) is 10.6 Å². The largest absolute Gasteiger partial charge is 0.444 e. The van der Waals surface area contributed by atoms with Crippen molar-refractivity contribution in [3.05, 3.63) is 65.2 Å². The SMILES string of the molecule is CCCC(=O)[C@H](CCCCNC(=O)CCC(=O)N1Cc2ccccc2C#Cc2ccccc21)NC(=O)OC(C)(C)C. The van der Waals surface area contributed by atoms with Crippen LogP contribution in [0, 0.1) is 11.8 Å². The third kappa shape index (κ3) is 10.1. The molecule has 41 heavy (non-hydrogen) atoms. The van der Waals surface area contributed by atoms with E-state index in [1.807, 2.05) is 55.5 Å². The first-order chi connectivity index (χ1) is 19.6. The van der Waals surface area contributed by atoms with Crippen LogP contribution >= 0.6 is 0 Å². The maximum Gasteiger partial charge on any atom is 0.408 e. The Balaban J connectivity index is 1.47. The molecule has 1 aliphatic rings. The van der Waals surface area contributed by atoms with Crippen LogP contribution in [-0.4, -0.2) is 41.9 Å². The van der Waals surface area contributed by atoms with E-state index in [9.17, 15) is 19.2 Å². The van der Waals surface area contributed by atoms with Gasteiger partial charge in [-0.05, 0) is 70.2 Å². The van der Waals surface area contributed by atoms with E-state index in [4.69, 9.17) is 4.74 Å². The van der Waals surface area contributed by atoms with Crippen molar-refractivity contribution in [3.63, 3.8) is 0 Å². The van der Waals surface area contributed by atoms with Gasteiger partial charge >= 0.3 is 6.09 Å². The van der Waals surface area contributed by atoms with E-state index < -0.39 is 17.7 Å². The number of Topliss-reactive ketones (excluding diaryl/α,β-unsaturated/α-hetero) is 1. The Morgan fingerprint density at radius 1 is 0.927 bits per heavy atom. The van der Waals surface area contributed by atoms with Crippen LogP contribution in [0.25, 0.3) is 0 Å². The van der Waals surface area contributed by atoms with Gasteiger partial charge in [0.2, 0.25) is 11.8 Å². The van der Waals surface area contributed by atoms with Crippen LogP contribution < -0.4 is 15.5 Å². The number of hydrogen-bond donors (Lipinski definition) is 2. The number of hydrogen-bond acceptors (Lipinski definition) is 5. The maximum absolute atomic E-state index is 13.3. The molecule has 0 radical (unpaired) electrons. The second-order valence-electron chi connectivity index (χ2n) is 11.2. The van der Waals surface area contributed by atoms with Gasteiger partial charge in [0.1, 0.15) is 5.60 Å². The first-order valence-electron chi connectivity index (χ1n) is 14.4. The lowest BCUT2D eigenvalue weighted by molar-refractivity contribution is -0.125. The molecule has 0 aromatic heterocycles. The van der Waals surface area contributed by atoms with Crippen molar-refractivity contribution in [2.75, 3.05) is 11.4 Å². The summed E-state index contributed by atoms with van der Waals surface area (Å²) >= 11 is 0. The molecule has 2 N–H and O–H groups in total. The fourth-order valence-corrected chi connectivity index (χ4v) is 4.54. The molecule has 0 saturated heterocycles. The Morgan fingerprint density at radius 3 is 2.34 bits per heavy atom. The lowest BCUT2D eigenvalue weighted by Gasteiger charge is -2.26. The monoisotopic (exact) mass is 559 g/mol. The summed E-state index contributed by atoms with van der Waals surface area (Å²) in [4.78, 5) is 52.2. The van der Waals surface area contributed by atoms with Gasteiger partial charge in [-0.1, -0.05) is 49.1 Å². The van der Waals surface area contributed by atoms with Crippen LogP contribution in [-0.2, 0) is 25.7 Å². The van der Waals surface area contributed by atoms with Crippen molar-refractivity contribution in [2.24, 2.45) is 0 Å². The Morgan fingerprint density at radius 2 is 1.61 bits per heavy atom. The van der Waals surface area contributed by atoms with E-state index in [1.165, 1.54) is 0 Å². The number of rotatable bonds is 12. The number of ketones is 1. The molecular formula is C33H41N3O5. The van der Waals surface area contributed by atoms with Crippen molar-refractivity contribution in [1.29, 1.82) is 0 Å². The zero-order valence-electron chi connectivity index (χ0n) is 24.5. The molecule has 0 unspecified atom stereocenters. The third-order valence-electron chi connectivity index (χ3n) is 6.56. The highest BCUT2D eigenvalue weighted by molar-refractivity contribution is 5.97. The van der Waals surface area contributed by atoms with Gasteiger partial charge < -0.3 is 20.3 Å². The van der Waals surface area contributed by atoms with Crippen molar-refractivity contribution < 1.29 is 23.9 Å². The number of carbonyl (C=O) groups is 4. The molecule has 0 aliphatic carbocycles. The summed E-state index contributed by atoms with van der Waals surface area (Å²) in [5, 5.41) is 5.56. The highest BCUT2D eigenvalue weighted by Crippen LogP contribution is 2.26. The molecule has 8 nitrogen and oxygen atoms in total. The number of unbranched alkanes of at least 4 members (excludes halogenated alkanes) is 1. The van der Waals surface area contributed by atoms with Gasteiger partial charge in [0.25, 0.3) is 0 Å². The van der Waals surface area contributed by atoms with Gasteiger partial charge in [-0.15, -0.1) is 0 Å². The van der Waals surface area contributed by atoms with Crippen LogP contribution in [0.4, 0.5) is 10.5 Å². The Kier molecular flexibility index (Phi) is 11.5. The van der Waals surface area contributed by atoms with Crippen molar-refractivity contribution in [3.8, 4) is 11.8 Å². The summed E-state index contributed by atoms with van der Waals surface area (Å²) in [6.45, 7) is 8.04. The van der Waals surface area contributed by atoms with Crippen LogP contribution in [0.15, 0.2) is 48.5 Å². The number of benzene rings is 2. The van der Waals surface area contributed by atoms with E-state index >= 15 is 0 Å². The minimum absolute atomic E-state index is 0.0275. The van der Waals surface area contributed by atoms with E-state index in [0.29, 0.717) is 45.2 Å². The van der Waals surface area contributed by atoms with Gasteiger partial charge in [-0.2, -0.15) is 0 Å². The molecule has 8 heteroatoms. The molecule has 1 atom stereocenters. The van der Waals surface area contributed by atoms with E-state index in [2.05, 4.69) is 22.5 Å². The quantitative estimate of drug-likeness (QED) is 0.273. The molecule has 3 amide bonds. The number of nitrogens with zero attached hydrogens (tertiary/aromatic N) is 1. The standard InChI is InChI=1S/C33H41N3O5/c1-5-12-29(37)27(35-32(40)41-33(2,3)4)16-10-11-22-34-30(38)20-21-31(39)36-23-26-15-7-6-13-24(26)18-19-25-14-8-9-17-28(25)36/h6-9,13-15,17,27H,5,10-12,16,20-23H2,1-4H3,(H,34,38)(H,35,40)/t27-/m0/s1. The predicted molar refractivity (Wildman–Crippen MR) is 159 cm³/mol. The highest BCUT2D eigenvalue weighted by atomic mass is 16.6. The fraction of sp³-hybridized carbons (Fsp3) is 0.455. The van der Waals surface area contributed by atoms with Gasteiger partial charge in [0.05, 0.1) is 18.3 Å². The van der Waals surface area contributed by atoms with Gasteiger partial charge in [-0.3, -0.25) is 14.4 Å². The Labute approximate surface area is 243 Å². The topological polar surface area (TPSA) is 105 Å². The van der Waals surface area contributed by atoms with Crippen LogP contribution in [0.1, 0.15) is 89.3 Å². The molecule has 218 valence electrons. The van der Waals surface area contributed by atoms with Gasteiger partial charge in [-0.25, -0.2) is 4.79 Å². The molecule has 0 spiro atoms. The average Bonchev–Trinajstić information content (AvgIpc) is 2.91. The number of carbonyl (C=O) groups excluding carboxylic acids is 4.